The summed E-state index contributed by atoms with van der Waals surface area (Å²) >= 11 is 0. The highest BCUT2D eigenvalue weighted by molar-refractivity contribution is 5.96. The molecule has 0 bridgehead atoms. The number of benzene rings is 1. The summed E-state index contributed by atoms with van der Waals surface area (Å²) in [6, 6.07) is 10.0. The highest BCUT2D eigenvalue weighted by Gasteiger charge is 2.38. The van der Waals surface area contributed by atoms with Crippen molar-refractivity contribution in [3.63, 3.8) is 0 Å². The highest BCUT2D eigenvalue weighted by Crippen LogP contribution is 2.30. The summed E-state index contributed by atoms with van der Waals surface area (Å²) in [6.45, 7) is 6.64. The van der Waals surface area contributed by atoms with Crippen LogP contribution in [0.15, 0.2) is 30.6 Å². The van der Waals surface area contributed by atoms with E-state index in [2.05, 4.69) is 48.2 Å². The minimum Gasteiger partial charge on any atom is -0.475 e. The molecule has 13 nitrogen and oxygen atoms in total. The van der Waals surface area contributed by atoms with Gasteiger partial charge in [-0.15, -0.1) is 0 Å². The van der Waals surface area contributed by atoms with E-state index in [0.29, 0.717) is 29.1 Å². The fourth-order valence-electron chi connectivity index (χ4n) is 5.30. The summed E-state index contributed by atoms with van der Waals surface area (Å²) in [5.74, 6) is -2.42. The number of nitriles is 1. The normalized spacial score (nSPS) is 16.2. The van der Waals surface area contributed by atoms with Crippen LogP contribution in [0.1, 0.15) is 47.4 Å². The van der Waals surface area contributed by atoms with Gasteiger partial charge in [0.25, 0.3) is 5.91 Å². The molecule has 2 aliphatic rings. The Balaban J connectivity index is 0.000000617. The van der Waals surface area contributed by atoms with Crippen LogP contribution in [0.3, 0.4) is 0 Å². The van der Waals surface area contributed by atoms with Crippen molar-refractivity contribution in [3.8, 4) is 6.07 Å². The van der Waals surface area contributed by atoms with Crippen molar-refractivity contribution in [2.75, 3.05) is 58.9 Å². The smallest absolute Gasteiger partial charge is 0.475 e. The van der Waals surface area contributed by atoms with E-state index >= 15 is 0 Å². The maximum atomic E-state index is 13.5. The van der Waals surface area contributed by atoms with Crippen LogP contribution in [-0.2, 0) is 17.9 Å². The van der Waals surface area contributed by atoms with E-state index in [4.69, 9.17) is 9.90 Å². The van der Waals surface area contributed by atoms with E-state index in [1.54, 1.807) is 6.33 Å². The number of piperazine rings is 1. The average Bonchev–Trinajstić information content (AvgIpc) is 3.70. The standard InChI is InChI=1S/C28H38N10O.C2HF3O2/c1-34(2)12-17-37-20-30-25-26(37)31-24(18-29)32-27(25)38(23-6-4-5-7-23)33-28(39)22-10-8-21(9-11-22)19-36-15-13-35(3)14-16-36;3-2(4,5)1(6)7/h8-11,20,23H,4-7,12-17,19H2,1-3H3,(H,33,39);(H,6,7). The predicted octanol–water partition coefficient (Wildman–Crippen LogP) is 2.73. The van der Waals surface area contributed by atoms with Crippen LogP contribution < -0.4 is 10.4 Å². The third kappa shape index (κ3) is 9.12. The SMILES string of the molecule is CN(C)CCn1cnc2c(N(NC(=O)c3ccc(CN4CCN(C)CC4)cc3)C3CCCC3)nc(C#N)nc21.O=C(O)C(F)(F)F. The first-order chi connectivity index (χ1) is 21.8. The molecule has 3 aromatic rings. The number of carboxylic acid groups (broad SMARTS) is 1. The molecule has 3 heterocycles. The Hall–Kier alpha value is -4.33. The molecule has 2 fully saturated rings. The van der Waals surface area contributed by atoms with E-state index in [9.17, 15) is 23.2 Å². The number of nitrogens with zero attached hydrogens (tertiary/aromatic N) is 9. The lowest BCUT2D eigenvalue weighted by Crippen LogP contribution is -2.48. The van der Waals surface area contributed by atoms with E-state index in [1.807, 2.05) is 47.9 Å². The first kappa shape index (κ1) is 34.5. The van der Waals surface area contributed by atoms with E-state index in [1.165, 1.54) is 5.56 Å². The molecule has 1 amide bonds. The molecular formula is C30H39F3N10O3. The number of fused-ring (bicyclic) bond motifs is 1. The van der Waals surface area contributed by atoms with Crippen LogP contribution in [-0.4, -0.2) is 117 Å². The van der Waals surface area contributed by atoms with Gasteiger partial charge in [0, 0.05) is 51.4 Å². The number of aromatic nitrogens is 4. The van der Waals surface area contributed by atoms with Crippen molar-refractivity contribution in [1.29, 1.82) is 5.26 Å². The molecule has 2 N–H and O–H groups in total. The minimum absolute atomic E-state index is 0.0645. The van der Waals surface area contributed by atoms with Crippen molar-refractivity contribution in [2.24, 2.45) is 0 Å². The molecule has 0 radical (unpaired) electrons. The summed E-state index contributed by atoms with van der Waals surface area (Å²) in [5.41, 5.74) is 6.09. The maximum Gasteiger partial charge on any atom is 0.490 e. The largest absolute Gasteiger partial charge is 0.490 e. The van der Waals surface area contributed by atoms with Gasteiger partial charge in [-0.1, -0.05) is 25.0 Å². The summed E-state index contributed by atoms with van der Waals surface area (Å²) < 4.78 is 33.7. The zero-order valence-corrected chi connectivity index (χ0v) is 26.2. The summed E-state index contributed by atoms with van der Waals surface area (Å²) in [5, 5.41) is 18.7. The van der Waals surface area contributed by atoms with Gasteiger partial charge in [-0.25, -0.2) is 9.78 Å². The molecule has 1 saturated heterocycles. The lowest BCUT2D eigenvalue weighted by Gasteiger charge is -2.32. The van der Waals surface area contributed by atoms with Crippen molar-refractivity contribution < 1.29 is 27.9 Å². The van der Waals surface area contributed by atoms with Gasteiger partial charge in [-0.2, -0.15) is 28.4 Å². The molecule has 1 saturated carbocycles. The van der Waals surface area contributed by atoms with Crippen LogP contribution in [0.5, 0.6) is 0 Å². The van der Waals surface area contributed by atoms with Crippen molar-refractivity contribution in [1.82, 2.24) is 39.6 Å². The molecule has 248 valence electrons. The Bertz CT molecular complexity index is 1520. The van der Waals surface area contributed by atoms with Gasteiger partial charge in [-0.3, -0.25) is 20.1 Å². The number of carboxylic acids is 1. The Morgan fingerprint density at radius 3 is 2.28 bits per heavy atom. The lowest BCUT2D eigenvalue weighted by atomic mass is 10.1. The number of aliphatic carboxylic acids is 1. The van der Waals surface area contributed by atoms with Gasteiger partial charge in [0.15, 0.2) is 17.0 Å². The molecule has 5 rings (SSSR count). The third-order valence-electron chi connectivity index (χ3n) is 7.93. The monoisotopic (exact) mass is 644 g/mol. The Morgan fingerprint density at radius 2 is 1.72 bits per heavy atom. The Morgan fingerprint density at radius 1 is 1.09 bits per heavy atom. The highest BCUT2D eigenvalue weighted by atomic mass is 19.4. The molecule has 16 heteroatoms. The zero-order valence-electron chi connectivity index (χ0n) is 26.2. The second-order valence-corrected chi connectivity index (χ2v) is 11.7. The molecule has 0 atom stereocenters. The van der Waals surface area contributed by atoms with Crippen LogP contribution in [0.25, 0.3) is 11.2 Å². The number of carbonyl (C=O) groups is 2. The number of alkyl halides is 3. The predicted molar refractivity (Wildman–Crippen MR) is 164 cm³/mol. The minimum atomic E-state index is -5.08. The number of rotatable bonds is 9. The molecule has 1 aliphatic heterocycles. The third-order valence-corrected chi connectivity index (χ3v) is 7.93. The van der Waals surface area contributed by atoms with Crippen LogP contribution >= 0.6 is 0 Å². The number of anilines is 1. The van der Waals surface area contributed by atoms with Gasteiger partial charge in [0.2, 0.25) is 5.82 Å². The molecular weight excluding hydrogens is 605 g/mol. The zero-order chi connectivity index (χ0) is 33.4. The second-order valence-electron chi connectivity index (χ2n) is 11.7. The Labute approximate surface area is 265 Å². The summed E-state index contributed by atoms with van der Waals surface area (Å²) in [7, 11) is 6.18. The molecule has 1 aliphatic carbocycles. The number of halogens is 3. The second kappa shape index (κ2) is 15.3. The van der Waals surface area contributed by atoms with E-state index < -0.39 is 12.1 Å². The lowest BCUT2D eigenvalue weighted by molar-refractivity contribution is -0.192. The average molecular weight is 645 g/mol. The number of amides is 1. The topological polar surface area (TPSA) is 147 Å². The molecule has 1 aromatic carbocycles. The van der Waals surface area contributed by atoms with Gasteiger partial charge >= 0.3 is 12.1 Å². The number of hydrogen-bond donors (Lipinski definition) is 2. The van der Waals surface area contributed by atoms with Crippen molar-refractivity contribution in [3.05, 3.63) is 47.5 Å². The van der Waals surface area contributed by atoms with Crippen LogP contribution in [0.4, 0.5) is 19.0 Å². The van der Waals surface area contributed by atoms with E-state index in [0.717, 1.165) is 65.0 Å². The van der Waals surface area contributed by atoms with Crippen LogP contribution in [0.2, 0.25) is 0 Å². The van der Waals surface area contributed by atoms with Gasteiger partial charge in [-0.05, 0) is 51.7 Å². The fourth-order valence-corrected chi connectivity index (χ4v) is 5.30. The van der Waals surface area contributed by atoms with Gasteiger partial charge in [0.05, 0.1) is 12.4 Å². The number of carbonyl (C=O) groups excluding carboxylic acids is 1. The van der Waals surface area contributed by atoms with E-state index in [-0.39, 0.29) is 17.8 Å². The van der Waals surface area contributed by atoms with Crippen molar-refractivity contribution >= 4 is 28.9 Å². The molecule has 0 unspecified atom stereocenters. The van der Waals surface area contributed by atoms with Gasteiger partial charge in [0.1, 0.15) is 6.07 Å². The molecule has 46 heavy (non-hydrogen) atoms. The first-order valence-corrected chi connectivity index (χ1v) is 15.0. The number of nitrogens with one attached hydrogen (secondary N) is 1. The molecule has 0 spiro atoms. The number of imidazole rings is 1. The number of hydrazine groups is 1. The Kier molecular flexibility index (Phi) is 11.5. The summed E-state index contributed by atoms with van der Waals surface area (Å²) in [4.78, 5) is 42.9. The fraction of sp³-hybridized carbons (Fsp3) is 0.533. The van der Waals surface area contributed by atoms with Crippen molar-refractivity contribution in [2.45, 2.75) is 51.0 Å². The van der Waals surface area contributed by atoms with Gasteiger partial charge < -0.3 is 19.5 Å². The number of likely N-dealkylation sites (N-methyl/N-ethyl adjacent to an activating group) is 2. The quantitative estimate of drug-likeness (QED) is 0.332. The van der Waals surface area contributed by atoms with Crippen LogP contribution in [0, 0.1) is 11.3 Å². The number of hydrogen-bond acceptors (Lipinski definition) is 10. The summed E-state index contributed by atoms with van der Waals surface area (Å²) in [6.07, 6.45) is 0.669. The molecule has 2 aromatic heterocycles. The maximum absolute atomic E-state index is 13.5. The first-order valence-electron chi connectivity index (χ1n) is 15.0.